The van der Waals surface area contributed by atoms with Crippen molar-refractivity contribution in [2.45, 2.75) is 37.8 Å². The van der Waals surface area contributed by atoms with Gasteiger partial charge in [-0.05, 0) is 43.0 Å². The minimum Gasteiger partial charge on any atom is -0.493 e. The predicted molar refractivity (Wildman–Crippen MR) is 69.7 cm³/mol. The van der Waals surface area contributed by atoms with E-state index in [1.807, 2.05) is 0 Å². The Hall–Kier alpha value is -1.22. The van der Waals surface area contributed by atoms with Gasteiger partial charge >= 0.3 is 0 Å². The third-order valence-electron chi connectivity index (χ3n) is 4.11. The molecule has 0 spiro atoms. The first-order valence-electron chi connectivity index (χ1n) is 6.50. The largest absolute Gasteiger partial charge is 0.493 e. The Morgan fingerprint density at radius 3 is 3.00 bits per heavy atom. The van der Waals surface area contributed by atoms with Crippen molar-refractivity contribution in [3.8, 4) is 5.75 Å². The molecular weight excluding hydrogens is 212 g/mol. The Bertz CT molecular complexity index is 419. The van der Waals surface area contributed by atoms with Gasteiger partial charge in [0, 0.05) is 31.2 Å². The number of likely N-dealkylation sites (N-methyl/N-ethyl adjacent to an activating group) is 1. The Balaban J connectivity index is 1.83. The molecule has 92 valence electrons. The van der Waals surface area contributed by atoms with Crippen LogP contribution in [0.4, 0.5) is 5.69 Å². The molecule has 1 aromatic carbocycles. The van der Waals surface area contributed by atoms with Crippen LogP contribution >= 0.6 is 0 Å². The minimum absolute atomic E-state index is 0.324. The van der Waals surface area contributed by atoms with Crippen LogP contribution in [0.3, 0.4) is 0 Å². The van der Waals surface area contributed by atoms with Crippen LogP contribution in [-0.4, -0.2) is 25.7 Å². The summed E-state index contributed by atoms with van der Waals surface area (Å²) in [6.45, 7) is 0.825. The molecule has 1 aliphatic heterocycles. The molecular formula is C14H20N2O. The number of hydrogen-bond donors (Lipinski definition) is 1. The monoisotopic (exact) mass is 232 g/mol. The van der Waals surface area contributed by atoms with Gasteiger partial charge in [0.25, 0.3) is 0 Å². The summed E-state index contributed by atoms with van der Waals surface area (Å²) in [5.41, 5.74) is 8.77. The zero-order valence-electron chi connectivity index (χ0n) is 10.4. The summed E-state index contributed by atoms with van der Waals surface area (Å²) in [7, 11) is 2.16. The molecule has 3 nitrogen and oxygen atoms in total. The summed E-state index contributed by atoms with van der Waals surface area (Å²) in [6, 6.07) is 7.32. The first-order chi connectivity index (χ1) is 8.25. The summed E-state index contributed by atoms with van der Waals surface area (Å²) in [5.74, 6) is 1.05. The summed E-state index contributed by atoms with van der Waals surface area (Å²) < 4.78 is 5.54. The van der Waals surface area contributed by atoms with E-state index in [0.29, 0.717) is 12.1 Å². The van der Waals surface area contributed by atoms with Crippen LogP contribution < -0.4 is 15.4 Å². The first-order valence-corrected chi connectivity index (χ1v) is 6.50. The van der Waals surface area contributed by atoms with Crippen LogP contribution in [0, 0.1) is 0 Å². The van der Waals surface area contributed by atoms with Gasteiger partial charge in [0.2, 0.25) is 0 Å². The molecule has 17 heavy (non-hydrogen) atoms. The van der Waals surface area contributed by atoms with Crippen molar-refractivity contribution in [2.75, 3.05) is 18.6 Å². The fourth-order valence-electron chi connectivity index (χ4n) is 3.03. The number of fused-ring (bicyclic) bond motifs is 1. The van der Waals surface area contributed by atoms with Crippen molar-refractivity contribution in [3.63, 3.8) is 0 Å². The van der Waals surface area contributed by atoms with Crippen molar-refractivity contribution in [3.05, 3.63) is 23.8 Å². The molecule has 2 unspecified atom stereocenters. The highest BCUT2D eigenvalue weighted by atomic mass is 16.5. The molecule has 2 aliphatic rings. The van der Waals surface area contributed by atoms with Crippen molar-refractivity contribution >= 4 is 5.69 Å². The summed E-state index contributed by atoms with van der Waals surface area (Å²) >= 11 is 0. The third kappa shape index (κ3) is 1.89. The van der Waals surface area contributed by atoms with Gasteiger partial charge in [0.05, 0.1) is 6.61 Å². The van der Waals surface area contributed by atoms with Gasteiger partial charge in [-0.1, -0.05) is 0 Å². The van der Waals surface area contributed by atoms with Crippen LogP contribution in [0.5, 0.6) is 5.75 Å². The topological polar surface area (TPSA) is 38.5 Å². The van der Waals surface area contributed by atoms with Gasteiger partial charge < -0.3 is 15.4 Å². The van der Waals surface area contributed by atoms with Gasteiger partial charge in [0.1, 0.15) is 5.75 Å². The van der Waals surface area contributed by atoms with E-state index in [1.165, 1.54) is 24.1 Å². The van der Waals surface area contributed by atoms with E-state index in [-0.39, 0.29) is 0 Å². The zero-order valence-corrected chi connectivity index (χ0v) is 10.4. The number of nitrogens with zero attached hydrogens (tertiary/aromatic N) is 1. The van der Waals surface area contributed by atoms with E-state index in [9.17, 15) is 0 Å². The standard InChI is InChI=1S/C14H20N2O/c1-16(13-4-2-3-12(13)15)11-5-6-14-10(9-11)7-8-17-14/h5-6,9,12-13H,2-4,7-8,15H2,1H3. The number of ether oxygens (including phenoxy) is 1. The molecule has 2 atom stereocenters. The lowest BCUT2D eigenvalue weighted by molar-refractivity contribution is 0.357. The average molecular weight is 232 g/mol. The van der Waals surface area contributed by atoms with Gasteiger partial charge in [0.15, 0.2) is 0 Å². The molecule has 1 saturated carbocycles. The molecule has 0 amide bonds. The van der Waals surface area contributed by atoms with E-state index in [1.54, 1.807) is 0 Å². The van der Waals surface area contributed by atoms with Crippen LogP contribution in [0.15, 0.2) is 18.2 Å². The highest BCUT2D eigenvalue weighted by Gasteiger charge is 2.28. The highest BCUT2D eigenvalue weighted by Crippen LogP contribution is 2.32. The first kappa shape index (κ1) is 10.9. The fraction of sp³-hybridized carbons (Fsp3) is 0.571. The van der Waals surface area contributed by atoms with Gasteiger partial charge in [-0.3, -0.25) is 0 Å². The minimum atomic E-state index is 0.324. The quantitative estimate of drug-likeness (QED) is 0.847. The number of rotatable bonds is 2. The van der Waals surface area contributed by atoms with Crippen LogP contribution in [0.1, 0.15) is 24.8 Å². The Morgan fingerprint density at radius 2 is 2.24 bits per heavy atom. The molecule has 0 aromatic heterocycles. The number of nitrogens with two attached hydrogens (primary N) is 1. The maximum Gasteiger partial charge on any atom is 0.122 e. The van der Waals surface area contributed by atoms with Crippen molar-refractivity contribution in [1.29, 1.82) is 0 Å². The molecule has 1 heterocycles. The highest BCUT2D eigenvalue weighted by molar-refractivity contribution is 5.54. The predicted octanol–water partition coefficient (Wildman–Crippen LogP) is 1.94. The zero-order chi connectivity index (χ0) is 11.8. The lowest BCUT2D eigenvalue weighted by atomic mass is 10.1. The molecule has 0 radical (unpaired) electrons. The molecule has 0 saturated heterocycles. The van der Waals surface area contributed by atoms with Crippen LogP contribution in [0.25, 0.3) is 0 Å². The summed E-state index contributed by atoms with van der Waals surface area (Å²) in [4.78, 5) is 2.34. The van der Waals surface area contributed by atoms with E-state index in [2.05, 4.69) is 30.1 Å². The molecule has 2 N–H and O–H groups in total. The molecule has 3 rings (SSSR count). The van der Waals surface area contributed by atoms with E-state index in [4.69, 9.17) is 10.5 Å². The Labute approximate surface area is 103 Å². The SMILES string of the molecule is CN(c1ccc2c(c1)CCO2)C1CCCC1N. The Kier molecular flexibility index (Phi) is 2.71. The normalized spacial score (nSPS) is 26.7. The molecule has 0 bridgehead atoms. The van der Waals surface area contributed by atoms with E-state index in [0.717, 1.165) is 25.2 Å². The number of hydrogen-bond acceptors (Lipinski definition) is 3. The lowest BCUT2D eigenvalue weighted by Crippen LogP contribution is -2.42. The van der Waals surface area contributed by atoms with E-state index >= 15 is 0 Å². The van der Waals surface area contributed by atoms with Crippen molar-refractivity contribution in [2.24, 2.45) is 5.73 Å². The molecule has 1 aromatic rings. The second-order valence-electron chi connectivity index (χ2n) is 5.16. The lowest BCUT2D eigenvalue weighted by Gasteiger charge is -2.30. The van der Waals surface area contributed by atoms with Gasteiger partial charge in [-0.15, -0.1) is 0 Å². The third-order valence-corrected chi connectivity index (χ3v) is 4.11. The molecule has 3 heteroatoms. The summed E-state index contributed by atoms with van der Waals surface area (Å²) in [6.07, 6.45) is 4.66. The van der Waals surface area contributed by atoms with Crippen molar-refractivity contribution < 1.29 is 4.74 Å². The van der Waals surface area contributed by atoms with Gasteiger partial charge in [-0.25, -0.2) is 0 Å². The smallest absolute Gasteiger partial charge is 0.122 e. The van der Waals surface area contributed by atoms with Crippen LogP contribution in [-0.2, 0) is 6.42 Å². The second kappa shape index (κ2) is 4.22. The van der Waals surface area contributed by atoms with Gasteiger partial charge in [-0.2, -0.15) is 0 Å². The Morgan fingerprint density at radius 1 is 1.35 bits per heavy atom. The summed E-state index contributed by atoms with van der Waals surface area (Å²) in [5, 5.41) is 0. The molecule has 1 fully saturated rings. The molecule has 1 aliphatic carbocycles. The number of anilines is 1. The fourth-order valence-corrected chi connectivity index (χ4v) is 3.03. The maximum atomic E-state index is 6.16. The maximum absolute atomic E-state index is 6.16. The number of benzene rings is 1. The average Bonchev–Trinajstić information content (AvgIpc) is 2.95. The van der Waals surface area contributed by atoms with Crippen molar-refractivity contribution in [1.82, 2.24) is 0 Å². The second-order valence-corrected chi connectivity index (χ2v) is 5.16. The van der Waals surface area contributed by atoms with E-state index < -0.39 is 0 Å². The van der Waals surface area contributed by atoms with Crippen LogP contribution in [0.2, 0.25) is 0 Å².